The summed E-state index contributed by atoms with van der Waals surface area (Å²) in [5.41, 5.74) is 2.11. The van der Waals surface area contributed by atoms with Crippen molar-refractivity contribution < 1.29 is 34.1 Å². The summed E-state index contributed by atoms with van der Waals surface area (Å²) in [4.78, 5) is 46.1. The fraction of sp³-hybridized carbons (Fsp3) is 0.448. The van der Waals surface area contributed by atoms with E-state index in [1.165, 1.54) is 62.3 Å². The Morgan fingerprint density at radius 2 is 1.32 bits per heavy atom. The fourth-order valence-electron chi connectivity index (χ4n) is 3.26. The van der Waals surface area contributed by atoms with Gasteiger partial charge in [-0.15, -0.1) is 0 Å². The van der Waals surface area contributed by atoms with Gasteiger partial charge in [0.2, 0.25) is 17.7 Å². The highest BCUT2D eigenvalue weighted by atomic mass is 33.3. The number of hydrogen-bond donors (Lipinski definition) is 6. The van der Waals surface area contributed by atoms with E-state index in [1.807, 2.05) is 38.1 Å². The van der Waals surface area contributed by atoms with E-state index in [1.54, 1.807) is 24.3 Å². The van der Waals surface area contributed by atoms with E-state index in [4.69, 9.17) is 9.84 Å². The van der Waals surface area contributed by atoms with Crippen LogP contribution in [0.3, 0.4) is 0 Å². The van der Waals surface area contributed by atoms with Crippen LogP contribution in [0.4, 0.5) is 0 Å². The van der Waals surface area contributed by atoms with E-state index in [0.717, 1.165) is 17.5 Å². The van der Waals surface area contributed by atoms with Crippen LogP contribution < -0.4 is 16.0 Å². The highest BCUT2D eigenvalue weighted by molar-refractivity contribution is 8.77. The SMILES string of the molecule is C.COC(=O)C(NC(C)=O)C(C)(C)SSCC(=O)NCCc1ccc(O)cc1.O=C(CS)NCCc1ccc(O)cc1.S=S=S=S=S. The Morgan fingerprint density at radius 1 is 0.872 bits per heavy atom. The Labute approximate surface area is 309 Å². The molecule has 18 heteroatoms. The van der Waals surface area contributed by atoms with Crippen molar-refractivity contribution in [1.29, 1.82) is 0 Å². The lowest BCUT2D eigenvalue weighted by Crippen LogP contribution is -2.52. The van der Waals surface area contributed by atoms with Gasteiger partial charge in [-0.25, -0.2) is 4.79 Å². The van der Waals surface area contributed by atoms with Crippen LogP contribution in [-0.4, -0.2) is 76.4 Å². The molecule has 0 saturated carbocycles. The molecule has 0 heterocycles. The van der Waals surface area contributed by atoms with Crippen LogP contribution in [0.5, 0.6) is 11.5 Å². The van der Waals surface area contributed by atoms with E-state index in [2.05, 4.69) is 51.0 Å². The van der Waals surface area contributed by atoms with Crippen LogP contribution in [-0.2, 0) is 85.8 Å². The number of ether oxygens (including phenoxy) is 1. The van der Waals surface area contributed by atoms with Crippen molar-refractivity contribution in [2.45, 2.75) is 51.8 Å². The molecule has 47 heavy (non-hydrogen) atoms. The molecule has 0 aliphatic rings. The van der Waals surface area contributed by atoms with Gasteiger partial charge in [0.15, 0.2) is 0 Å². The molecule has 3 amide bonds. The highest BCUT2D eigenvalue weighted by Gasteiger charge is 2.38. The van der Waals surface area contributed by atoms with E-state index in [-0.39, 0.29) is 48.2 Å². The average molecular weight is 802 g/mol. The van der Waals surface area contributed by atoms with Crippen molar-refractivity contribution in [3.63, 3.8) is 0 Å². The van der Waals surface area contributed by atoms with Crippen LogP contribution >= 0.6 is 34.2 Å². The summed E-state index contributed by atoms with van der Waals surface area (Å²) in [7, 11) is 7.87. The van der Waals surface area contributed by atoms with Gasteiger partial charge in [0.25, 0.3) is 0 Å². The third-order valence-corrected chi connectivity index (χ3v) is 13.4. The molecule has 2 aromatic carbocycles. The number of thiol groups is 1. The van der Waals surface area contributed by atoms with E-state index < -0.39 is 16.8 Å². The molecule has 5 N–H and O–H groups in total. The predicted octanol–water partition coefficient (Wildman–Crippen LogP) is 3.49. The van der Waals surface area contributed by atoms with Crippen LogP contribution in [0.25, 0.3) is 0 Å². The number of hydrogen-bond acceptors (Lipinski definition) is 12. The molecule has 2 rings (SSSR count). The molecule has 2 aromatic rings. The zero-order valence-corrected chi connectivity index (χ0v) is 32.3. The summed E-state index contributed by atoms with van der Waals surface area (Å²) >= 11 is 12.7. The molecule has 0 spiro atoms. The number of phenols is 2. The maximum atomic E-state index is 12.0. The third-order valence-electron chi connectivity index (χ3n) is 5.49. The zero-order valence-electron chi connectivity index (χ0n) is 25.7. The first-order valence-corrected chi connectivity index (χ1v) is 21.7. The normalized spacial score (nSPS) is 10.5. The standard InChI is InChI=1S/C18H26N2O5S2.C10H13NO2S.CH4.S5/c1-12(21)20-16(17(24)25-4)18(2,3)27-26-11-15(23)19-10-9-13-5-7-14(22)8-6-13;12-9-3-1-8(2-4-9)5-6-11-10(13)7-14;;1-3-5-4-2/h5-8,16,22H,9-11H2,1-4H3,(H,19,23)(H,20,21);1-4,12,14H,5-7H2,(H,11,13);1H4;. The minimum absolute atomic E-state index is 0. The number of phenolic OH excluding ortho intramolecular Hbond substituents is 2. The van der Waals surface area contributed by atoms with Crippen molar-refractivity contribution in [3.05, 3.63) is 59.7 Å². The Kier molecular flexibility index (Phi) is 28.1. The molecule has 0 aliphatic heterocycles. The lowest BCUT2D eigenvalue weighted by Gasteiger charge is -2.31. The number of rotatable bonds is 14. The monoisotopic (exact) mass is 801 g/mol. The van der Waals surface area contributed by atoms with Gasteiger partial charge in [0.05, 0.1) is 23.4 Å². The molecule has 0 aliphatic carbocycles. The first-order chi connectivity index (χ1) is 21.8. The number of methoxy groups -OCH3 is 1. The van der Waals surface area contributed by atoms with Gasteiger partial charge in [0.1, 0.15) is 17.5 Å². The van der Waals surface area contributed by atoms with Gasteiger partial charge in [-0.3, -0.25) is 14.4 Å². The molecule has 264 valence electrons. The van der Waals surface area contributed by atoms with Crippen molar-refractivity contribution in [1.82, 2.24) is 16.0 Å². The Bertz CT molecular complexity index is 1350. The second-order valence-corrected chi connectivity index (χ2v) is 18.1. The largest absolute Gasteiger partial charge is 0.508 e. The number of amides is 3. The van der Waals surface area contributed by atoms with Crippen molar-refractivity contribution in [3.8, 4) is 11.5 Å². The number of nitrogens with one attached hydrogen (secondary N) is 3. The average Bonchev–Trinajstić information content (AvgIpc) is 3.02. The number of benzene rings is 2. The minimum Gasteiger partial charge on any atom is -0.508 e. The lowest BCUT2D eigenvalue weighted by atomic mass is 10.0. The topological polar surface area (TPSA) is 154 Å². The zero-order chi connectivity index (χ0) is 35.0. The molecule has 0 bridgehead atoms. The summed E-state index contributed by atoms with van der Waals surface area (Å²) in [5.74, 6) is -0.120. The molecule has 1 unspecified atom stereocenters. The first kappa shape index (κ1) is 47.2. The summed E-state index contributed by atoms with van der Waals surface area (Å²) < 4.78 is 4.10. The molecule has 0 fully saturated rings. The number of carbonyl (C=O) groups is 4. The summed E-state index contributed by atoms with van der Waals surface area (Å²) in [6.07, 6.45) is 1.43. The number of aromatic hydroxyl groups is 2. The van der Waals surface area contributed by atoms with Gasteiger partial charge in [-0.05, 0) is 62.1 Å². The van der Waals surface area contributed by atoms with Gasteiger partial charge >= 0.3 is 5.97 Å². The van der Waals surface area contributed by atoms with Crippen LogP contribution in [0.15, 0.2) is 48.5 Å². The maximum absolute atomic E-state index is 12.0. The molecule has 0 saturated heterocycles. The predicted molar refractivity (Wildman–Crippen MR) is 211 cm³/mol. The third kappa shape index (κ3) is 23.9. The highest BCUT2D eigenvalue weighted by Crippen LogP contribution is 2.38. The summed E-state index contributed by atoms with van der Waals surface area (Å²) in [5, 5.41) is 26.4. The van der Waals surface area contributed by atoms with E-state index in [0.29, 0.717) is 19.5 Å². The van der Waals surface area contributed by atoms with Crippen molar-refractivity contribution in [2.75, 3.05) is 31.7 Å². The molecular weight excluding hydrogens is 759 g/mol. The molecule has 0 aromatic heterocycles. The number of esters is 1. The minimum atomic E-state index is -0.810. The fourth-order valence-corrected chi connectivity index (χ4v) is 8.63. The van der Waals surface area contributed by atoms with Crippen LogP contribution in [0, 0.1) is 0 Å². The van der Waals surface area contributed by atoms with Gasteiger partial charge in [0, 0.05) is 69.0 Å². The quantitative estimate of drug-likeness (QED) is 0.0946. The van der Waals surface area contributed by atoms with E-state index >= 15 is 0 Å². The smallest absolute Gasteiger partial charge is 0.329 e. The number of carbonyl (C=O) groups excluding carboxylic acids is 4. The van der Waals surface area contributed by atoms with Gasteiger partial charge < -0.3 is 30.9 Å². The van der Waals surface area contributed by atoms with Gasteiger partial charge in [-0.2, -0.15) is 12.6 Å². The Balaban J connectivity index is 0. The first-order valence-electron chi connectivity index (χ1n) is 13.4. The van der Waals surface area contributed by atoms with Gasteiger partial charge in [-0.1, -0.05) is 53.3 Å². The second-order valence-electron chi connectivity index (χ2n) is 9.50. The van der Waals surface area contributed by atoms with Crippen molar-refractivity contribution >= 4 is 107 Å². The molecule has 1 atom stereocenters. The molecular formula is C29H43N3O7S8. The van der Waals surface area contributed by atoms with E-state index in [9.17, 15) is 24.3 Å². The second kappa shape index (κ2) is 28.0. The lowest BCUT2D eigenvalue weighted by molar-refractivity contribution is -0.145. The summed E-state index contributed by atoms with van der Waals surface area (Å²) in [6.45, 7) is 6.06. The molecule has 0 radical (unpaired) electrons. The van der Waals surface area contributed by atoms with Crippen LogP contribution in [0.2, 0.25) is 0 Å². The van der Waals surface area contributed by atoms with Crippen LogP contribution in [0.1, 0.15) is 39.3 Å². The Morgan fingerprint density at radius 3 is 1.68 bits per heavy atom. The Hall–Kier alpha value is -1.93. The maximum Gasteiger partial charge on any atom is 0.329 e. The van der Waals surface area contributed by atoms with Crippen molar-refractivity contribution in [2.24, 2.45) is 0 Å². The summed E-state index contributed by atoms with van der Waals surface area (Å²) in [6, 6.07) is 13.0. The molecule has 10 nitrogen and oxygen atoms in total.